The van der Waals surface area contributed by atoms with Crippen molar-refractivity contribution < 1.29 is 19.1 Å². The van der Waals surface area contributed by atoms with Crippen molar-refractivity contribution in [2.45, 2.75) is 6.92 Å². The van der Waals surface area contributed by atoms with Crippen LogP contribution >= 0.6 is 0 Å². The molecule has 148 valence electrons. The number of benzene rings is 3. The second kappa shape index (κ2) is 9.41. The van der Waals surface area contributed by atoms with Gasteiger partial charge in [-0.1, -0.05) is 24.3 Å². The Hall–Kier alpha value is -3.80. The van der Waals surface area contributed by atoms with Gasteiger partial charge < -0.3 is 20.1 Å². The molecule has 3 rings (SSSR count). The number of hydrogen-bond acceptors (Lipinski definition) is 4. The molecule has 29 heavy (non-hydrogen) atoms. The Bertz CT molecular complexity index is 986. The van der Waals surface area contributed by atoms with Crippen molar-refractivity contribution in [3.8, 4) is 11.5 Å². The van der Waals surface area contributed by atoms with Gasteiger partial charge in [-0.2, -0.15) is 0 Å². The second-order valence-electron chi connectivity index (χ2n) is 6.39. The van der Waals surface area contributed by atoms with Gasteiger partial charge in [0.2, 0.25) is 0 Å². The first-order valence-corrected chi connectivity index (χ1v) is 9.09. The number of ether oxygens (including phenoxy) is 2. The summed E-state index contributed by atoms with van der Waals surface area (Å²) in [6, 6.07) is 21.3. The first kappa shape index (κ1) is 19.9. The lowest BCUT2D eigenvalue weighted by molar-refractivity contribution is -0.118. The Morgan fingerprint density at radius 1 is 0.897 bits per heavy atom. The van der Waals surface area contributed by atoms with Crippen molar-refractivity contribution in [1.29, 1.82) is 0 Å². The number of amides is 2. The van der Waals surface area contributed by atoms with E-state index in [1.165, 1.54) is 0 Å². The van der Waals surface area contributed by atoms with Gasteiger partial charge >= 0.3 is 0 Å². The fourth-order valence-electron chi connectivity index (χ4n) is 2.68. The number of nitrogens with one attached hydrogen (secondary N) is 2. The van der Waals surface area contributed by atoms with Crippen LogP contribution in [0.4, 0.5) is 11.4 Å². The van der Waals surface area contributed by atoms with Crippen molar-refractivity contribution in [3.05, 3.63) is 83.9 Å². The van der Waals surface area contributed by atoms with Crippen molar-refractivity contribution in [2.75, 3.05) is 24.4 Å². The number of carbonyl (C=O) groups excluding carboxylic acids is 2. The zero-order valence-electron chi connectivity index (χ0n) is 16.3. The minimum atomic E-state index is -0.296. The van der Waals surface area contributed by atoms with Crippen molar-refractivity contribution in [1.82, 2.24) is 0 Å². The second-order valence-corrected chi connectivity index (χ2v) is 6.39. The highest BCUT2D eigenvalue weighted by molar-refractivity contribution is 6.04. The average molecular weight is 390 g/mol. The molecule has 0 aliphatic heterocycles. The normalized spacial score (nSPS) is 10.1. The van der Waals surface area contributed by atoms with E-state index >= 15 is 0 Å². The van der Waals surface area contributed by atoms with Gasteiger partial charge in [-0.3, -0.25) is 9.59 Å². The lowest BCUT2D eigenvalue weighted by Crippen LogP contribution is -2.20. The van der Waals surface area contributed by atoms with E-state index in [1.54, 1.807) is 49.6 Å². The average Bonchev–Trinajstić information content (AvgIpc) is 2.74. The van der Waals surface area contributed by atoms with Crippen LogP contribution in [0, 0.1) is 6.92 Å². The molecule has 0 radical (unpaired) electrons. The van der Waals surface area contributed by atoms with Crippen LogP contribution in [0.2, 0.25) is 0 Å². The van der Waals surface area contributed by atoms with E-state index in [9.17, 15) is 9.59 Å². The highest BCUT2D eigenvalue weighted by Gasteiger charge is 2.09. The summed E-state index contributed by atoms with van der Waals surface area (Å²) in [5, 5.41) is 5.60. The fraction of sp³-hybridized carbons (Fsp3) is 0.130. The number of aryl methyl sites for hydroxylation is 1. The molecule has 2 amide bonds. The zero-order chi connectivity index (χ0) is 20.6. The van der Waals surface area contributed by atoms with E-state index in [0.717, 1.165) is 5.56 Å². The third-order valence-electron chi connectivity index (χ3n) is 4.15. The summed E-state index contributed by atoms with van der Waals surface area (Å²) >= 11 is 0. The molecule has 0 atom stereocenters. The lowest BCUT2D eigenvalue weighted by Gasteiger charge is -2.12. The third-order valence-corrected chi connectivity index (χ3v) is 4.15. The van der Waals surface area contributed by atoms with Crippen LogP contribution in [0.5, 0.6) is 11.5 Å². The smallest absolute Gasteiger partial charge is 0.262 e. The largest absolute Gasteiger partial charge is 0.495 e. The van der Waals surface area contributed by atoms with Gasteiger partial charge in [0.15, 0.2) is 6.61 Å². The van der Waals surface area contributed by atoms with Crippen LogP contribution in [0.25, 0.3) is 0 Å². The Labute approximate surface area is 169 Å². The minimum absolute atomic E-state index is 0.146. The van der Waals surface area contributed by atoms with E-state index < -0.39 is 0 Å². The molecule has 6 heteroatoms. The van der Waals surface area contributed by atoms with Gasteiger partial charge in [-0.05, 0) is 61.0 Å². The molecule has 2 N–H and O–H groups in total. The molecular weight excluding hydrogens is 368 g/mol. The molecule has 0 fully saturated rings. The van der Waals surface area contributed by atoms with Gasteiger partial charge in [0.25, 0.3) is 11.8 Å². The monoisotopic (exact) mass is 390 g/mol. The van der Waals surface area contributed by atoms with Crippen LogP contribution in [0.1, 0.15) is 15.9 Å². The van der Waals surface area contributed by atoms with E-state index in [1.807, 2.05) is 37.3 Å². The molecule has 0 saturated carbocycles. The Kier molecular flexibility index (Phi) is 6.47. The molecule has 0 unspecified atom stereocenters. The number of hydrogen-bond donors (Lipinski definition) is 2. The molecule has 0 heterocycles. The molecule has 6 nitrogen and oxygen atoms in total. The fourth-order valence-corrected chi connectivity index (χ4v) is 2.68. The summed E-state index contributed by atoms with van der Waals surface area (Å²) in [4.78, 5) is 24.3. The van der Waals surface area contributed by atoms with E-state index in [2.05, 4.69) is 10.6 Å². The van der Waals surface area contributed by atoms with E-state index in [4.69, 9.17) is 9.47 Å². The summed E-state index contributed by atoms with van der Waals surface area (Å²) in [6.07, 6.45) is 0. The molecule has 0 bridgehead atoms. The van der Waals surface area contributed by atoms with Gasteiger partial charge in [0.05, 0.1) is 12.8 Å². The minimum Gasteiger partial charge on any atom is -0.495 e. The third kappa shape index (κ3) is 5.59. The van der Waals surface area contributed by atoms with Crippen LogP contribution in [0.15, 0.2) is 72.8 Å². The lowest BCUT2D eigenvalue weighted by atomic mass is 10.2. The van der Waals surface area contributed by atoms with E-state index in [-0.39, 0.29) is 18.4 Å². The Balaban J connectivity index is 1.53. The van der Waals surface area contributed by atoms with Gasteiger partial charge in [0.1, 0.15) is 11.5 Å². The molecular formula is C23H22N2O4. The summed E-state index contributed by atoms with van der Waals surface area (Å²) in [7, 11) is 1.55. The summed E-state index contributed by atoms with van der Waals surface area (Å²) in [5.41, 5.74) is 2.83. The SMILES string of the molecule is COc1ccc(C)cc1NC(=O)COc1ccc(NC(=O)c2ccccc2)cc1. The Morgan fingerprint density at radius 2 is 1.62 bits per heavy atom. The first-order chi connectivity index (χ1) is 14.0. The zero-order valence-corrected chi connectivity index (χ0v) is 16.3. The standard InChI is InChI=1S/C23H22N2O4/c1-16-8-13-21(28-2)20(14-16)25-22(26)15-29-19-11-9-18(10-12-19)24-23(27)17-6-4-3-5-7-17/h3-14H,15H2,1-2H3,(H,24,27)(H,25,26). The van der Waals surface area contributed by atoms with Gasteiger partial charge in [-0.25, -0.2) is 0 Å². The summed E-state index contributed by atoms with van der Waals surface area (Å²) in [6.45, 7) is 1.79. The predicted octanol–water partition coefficient (Wildman–Crippen LogP) is 4.27. The van der Waals surface area contributed by atoms with Crippen molar-refractivity contribution in [3.63, 3.8) is 0 Å². The van der Waals surface area contributed by atoms with Crippen LogP contribution in [0.3, 0.4) is 0 Å². The van der Waals surface area contributed by atoms with Crippen molar-refractivity contribution >= 4 is 23.2 Å². The number of methoxy groups -OCH3 is 1. The molecule has 3 aromatic rings. The maximum Gasteiger partial charge on any atom is 0.262 e. The van der Waals surface area contributed by atoms with Crippen LogP contribution < -0.4 is 20.1 Å². The first-order valence-electron chi connectivity index (χ1n) is 9.09. The number of rotatable bonds is 7. The van der Waals surface area contributed by atoms with Gasteiger partial charge in [0, 0.05) is 11.3 Å². The molecule has 0 aromatic heterocycles. The quantitative estimate of drug-likeness (QED) is 0.632. The van der Waals surface area contributed by atoms with Gasteiger partial charge in [-0.15, -0.1) is 0 Å². The summed E-state index contributed by atoms with van der Waals surface area (Å²) < 4.78 is 10.8. The Morgan fingerprint density at radius 3 is 2.31 bits per heavy atom. The molecule has 0 spiro atoms. The van der Waals surface area contributed by atoms with Crippen molar-refractivity contribution in [2.24, 2.45) is 0 Å². The summed E-state index contributed by atoms with van der Waals surface area (Å²) in [5.74, 6) is 0.623. The van der Waals surface area contributed by atoms with Crippen LogP contribution in [-0.4, -0.2) is 25.5 Å². The highest BCUT2D eigenvalue weighted by Crippen LogP contribution is 2.25. The number of anilines is 2. The molecule has 0 aliphatic carbocycles. The maximum atomic E-state index is 12.2. The van der Waals surface area contributed by atoms with Crippen LogP contribution in [-0.2, 0) is 4.79 Å². The molecule has 0 saturated heterocycles. The molecule has 3 aromatic carbocycles. The highest BCUT2D eigenvalue weighted by atomic mass is 16.5. The number of carbonyl (C=O) groups is 2. The molecule has 0 aliphatic rings. The predicted molar refractivity (Wildman–Crippen MR) is 113 cm³/mol. The topological polar surface area (TPSA) is 76.7 Å². The maximum absolute atomic E-state index is 12.2. The van der Waals surface area contributed by atoms with E-state index in [0.29, 0.717) is 28.4 Å².